The SMILES string of the molecule is CC(NC(=O)n1ccnc1)c1cc(F)c(CN2[C@@H](C)CC[C@H](c3ccccc3)S2(=O)=O)cc1F. The standard InChI is InChI=1S/C24H26F2N4O3S/c1-16-8-9-23(18-6-4-3-5-7-18)34(32,33)30(16)14-19-12-22(26)20(13-21(19)25)17(2)28-24(31)29-11-10-27-15-29/h3-7,10-13,15-17,23H,8-9,14H2,1-2H3,(H,28,31)/t16-,17?,23+/m0/s1. The minimum atomic E-state index is -3.78. The molecule has 1 N–H and O–H groups in total. The molecule has 1 saturated heterocycles. The van der Waals surface area contributed by atoms with Crippen molar-refractivity contribution in [2.45, 2.75) is 50.6 Å². The van der Waals surface area contributed by atoms with E-state index in [0.717, 1.165) is 12.1 Å². The number of hydrogen-bond donors (Lipinski definition) is 1. The number of sulfonamides is 1. The molecule has 10 heteroatoms. The van der Waals surface area contributed by atoms with Crippen molar-refractivity contribution in [1.82, 2.24) is 19.2 Å². The largest absolute Gasteiger partial charge is 0.331 e. The van der Waals surface area contributed by atoms with Crippen LogP contribution in [0.15, 0.2) is 61.2 Å². The van der Waals surface area contributed by atoms with E-state index in [-0.39, 0.29) is 23.7 Å². The zero-order valence-corrected chi connectivity index (χ0v) is 19.7. The molecule has 3 atom stereocenters. The maximum Gasteiger partial charge on any atom is 0.327 e. The lowest BCUT2D eigenvalue weighted by Crippen LogP contribution is -2.44. The van der Waals surface area contributed by atoms with E-state index in [1.54, 1.807) is 31.2 Å². The number of carbonyl (C=O) groups is 1. The summed E-state index contributed by atoms with van der Waals surface area (Å²) in [7, 11) is -3.78. The maximum absolute atomic E-state index is 15.0. The Bertz CT molecular complexity index is 1270. The second-order valence-corrected chi connectivity index (χ2v) is 10.6. The molecule has 1 unspecified atom stereocenters. The summed E-state index contributed by atoms with van der Waals surface area (Å²) in [4.78, 5) is 16.0. The Morgan fingerprint density at radius 3 is 2.59 bits per heavy atom. The number of aromatic nitrogens is 2. The first-order valence-corrected chi connectivity index (χ1v) is 12.5. The smallest absolute Gasteiger partial charge is 0.327 e. The van der Waals surface area contributed by atoms with Crippen molar-refractivity contribution in [3.8, 4) is 0 Å². The van der Waals surface area contributed by atoms with Gasteiger partial charge in [-0.25, -0.2) is 27.0 Å². The second kappa shape index (κ2) is 9.63. The van der Waals surface area contributed by atoms with Crippen LogP contribution in [0.5, 0.6) is 0 Å². The lowest BCUT2D eigenvalue weighted by atomic mass is 10.0. The summed E-state index contributed by atoms with van der Waals surface area (Å²) in [6.07, 6.45) is 5.24. The Hall–Kier alpha value is -3.11. The van der Waals surface area contributed by atoms with Crippen molar-refractivity contribution in [2.75, 3.05) is 0 Å². The molecule has 1 aliphatic heterocycles. The maximum atomic E-state index is 15.0. The molecule has 1 aliphatic rings. The van der Waals surface area contributed by atoms with Gasteiger partial charge < -0.3 is 5.32 Å². The summed E-state index contributed by atoms with van der Waals surface area (Å²) < 4.78 is 59.2. The van der Waals surface area contributed by atoms with Gasteiger partial charge in [0.25, 0.3) is 0 Å². The van der Waals surface area contributed by atoms with Gasteiger partial charge in [-0.2, -0.15) is 4.31 Å². The number of amides is 1. The van der Waals surface area contributed by atoms with Gasteiger partial charge in [-0.1, -0.05) is 30.3 Å². The van der Waals surface area contributed by atoms with Crippen molar-refractivity contribution < 1.29 is 22.0 Å². The second-order valence-electron chi connectivity index (χ2n) is 8.52. The number of rotatable bonds is 5. The van der Waals surface area contributed by atoms with Crippen molar-refractivity contribution in [2.24, 2.45) is 0 Å². The van der Waals surface area contributed by atoms with E-state index in [1.807, 2.05) is 6.07 Å². The Morgan fingerprint density at radius 1 is 1.18 bits per heavy atom. The third-order valence-electron chi connectivity index (χ3n) is 6.23. The Labute approximate surface area is 197 Å². The highest BCUT2D eigenvalue weighted by Crippen LogP contribution is 2.38. The van der Waals surface area contributed by atoms with Gasteiger partial charge in [0.2, 0.25) is 10.0 Å². The molecule has 1 aromatic heterocycles. The first-order valence-electron chi connectivity index (χ1n) is 11.0. The summed E-state index contributed by atoms with van der Waals surface area (Å²) in [5.41, 5.74) is 0.591. The fraction of sp³-hybridized carbons (Fsp3) is 0.333. The number of nitrogens with zero attached hydrogens (tertiary/aromatic N) is 3. The van der Waals surface area contributed by atoms with Crippen molar-refractivity contribution in [3.05, 3.63) is 89.5 Å². The van der Waals surface area contributed by atoms with Gasteiger partial charge in [-0.3, -0.25) is 4.57 Å². The average Bonchev–Trinajstić information content (AvgIpc) is 3.34. The number of benzene rings is 2. The molecule has 0 bridgehead atoms. The molecule has 7 nitrogen and oxygen atoms in total. The molecule has 2 heterocycles. The predicted octanol–water partition coefficient (Wildman–Crippen LogP) is 4.54. The van der Waals surface area contributed by atoms with E-state index in [9.17, 15) is 17.6 Å². The van der Waals surface area contributed by atoms with E-state index < -0.39 is 39.0 Å². The van der Waals surface area contributed by atoms with Crippen molar-refractivity contribution in [1.29, 1.82) is 0 Å². The summed E-state index contributed by atoms with van der Waals surface area (Å²) in [6.45, 7) is 3.04. The van der Waals surface area contributed by atoms with E-state index in [1.165, 1.54) is 34.5 Å². The number of nitrogens with one attached hydrogen (secondary N) is 1. The molecule has 0 aliphatic carbocycles. The van der Waals surface area contributed by atoms with Crippen LogP contribution in [0.2, 0.25) is 0 Å². The van der Waals surface area contributed by atoms with Gasteiger partial charge in [0.05, 0.1) is 6.04 Å². The summed E-state index contributed by atoms with van der Waals surface area (Å²) in [5.74, 6) is -1.46. The van der Waals surface area contributed by atoms with E-state index in [4.69, 9.17) is 0 Å². The highest BCUT2D eigenvalue weighted by Gasteiger charge is 2.40. The highest BCUT2D eigenvalue weighted by atomic mass is 32.2. The lowest BCUT2D eigenvalue weighted by Gasteiger charge is -2.37. The minimum Gasteiger partial charge on any atom is -0.331 e. The Balaban J connectivity index is 1.56. The summed E-state index contributed by atoms with van der Waals surface area (Å²) >= 11 is 0. The van der Waals surface area contributed by atoms with Gasteiger partial charge in [0.1, 0.15) is 23.2 Å². The monoisotopic (exact) mass is 488 g/mol. The highest BCUT2D eigenvalue weighted by molar-refractivity contribution is 7.89. The van der Waals surface area contributed by atoms with Crippen LogP contribution >= 0.6 is 0 Å². The molecular weight excluding hydrogens is 462 g/mol. The molecule has 1 fully saturated rings. The number of imidazole rings is 1. The zero-order valence-electron chi connectivity index (χ0n) is 18.9. The number of carbonyl (C=O) groups excluding carboxylic acids is 1. The van der Waals surface area contributed by atoms with Gasteiger partial charge in [0, 0.05) is 36.1 Å². The average molecular weight is 489 g/mol. The van der Waals surface area contributed by atoms with Crippen LogP contribution in [-0.2, 0) is 16.6 Å². The number of halogens is 2. The quantitative estimate of drug-likeness (QED) is 0.572. The summed E-state index contributed by atoms with van der Waals surface area (Å²) in [6, 6.07) is 9.25. The Kier molecular flexibility index (Phi) is 6.81. The molecule has 1 amide bonds. The first kappa shape index (κ1) is 24.0. The van der Waals surface area contributed by atoms with Crippen molar-refractivity contribution in [3.63, 3.8) is 0 Å². The van der Waals surface area contributed by atoms with Crippen LogP contribution < -0.4 is 5.32 Å². The molecular formula is C24H26F2N4O3S. The molecule has 4 rings (SSSR count). The molecule has 0 radical (unpaired) electrons. The van der Waals surface area contributed by atoms with Gasteiger partial charge in [-0.15, -0.1) is 0 Å². The van der Waals surface area contributed by atoms with Crippen LogP contribution in [0.25, 0.3) is 0 Å². The van der Waals surface area contributed by atoms with Crippen LogP contribution in [0.3, 0.4) is 0 Å². The van der Waals surface area contributed by atoms with Gasteiger partial charge in [-0.05, 0) is 44.4 Å². The first-order chi connectivity index (χ1) is 16.2. The number of hydrogen-bond acceptors (Lipinski definition) is 4. The molecule has 3 aromatic rings. The van der Waals surface area contributed by atoms with Crippen molar-refractivity contribution >= 4 is 16.1 Å². The topological polar surface area (TPSA) is 84.3 Å². The molecule has 0 spiro atoms. The normalized spacial score (nSPS) is 21.2. The van der Waals surface area contributed by atoms with Crippen LogP contribution in [-0.4, -0.2) is 34.3 Å². The molecule has 0 saturated carbocycles. The molecule has 34 heavy (non-hydrogen) atoms. The zero-order chi connectivity index (χ0) is 24.5. The van der Waals surface area contributed by atoms with Crippen LogP contribution in [0.4, 0.5) is 13.6 Å². The summed E-state index contributed by atoms with van der Waals surface area (Å²) in [5, 5.41) is 1.86. The van der Waals surface area contributed by atoms with E-state index in [2.05, 4.69) is 10.3 Å². The minimum absolute atomic E-state index is 0.0357. The van der Waals surface area contributed by atoms with Crippen LogP contribution in [0.1, 0.15) is 54.7 Å². The third kappa shape index (κ3) is 4.74. The predicted molar refractivity (Wildman–Crippen MR) is 123 cm³/mol. The van der Waals surface area contributed by atoms with E-state index >= 15 is 4.39 Å². The fourth-order valence-corrected chi connectivity index (χ4v) is 6.48. The van der Waals surface area contributed by atoms with Gasteiger partial charge >= 0.3 is 6.03 Å². The fourth-order valence-electron chi connectivity index (χ4n) is 4.29. The lowest BCUT2D eigenvalue weighted by molar-refractivity contribution is 0.239. The van der Waals surface area contributed by atoms with Crippen LogP contribution in [0, 0.1) is 11.6 Å². The van der Waals surface area contributed by atoms with E-state index in [0.29, 0.717) is 18.4 Å². The third-order valence-corrected chi connectivity index (χ3v) is 8.60. The molecule has 180 valence electrons. The van der Waals surface area contributed by atoms with Gasteiger partial charge in [0.15, 0.2) is 0 Å². The molecule has 2 aromatic carbocycles. The Morgan fingerprint density at radius 2 is 1.91 bits per heavy atom.